The van der Waals surface area contributed by atoms with Gasteiger partial charge in [-0.05, 0) is 44.5 Å². The molecule has 1 saturated heterocycles. The summed E-state index contributed by atoms with van der Waals surface area (Å²) in [5.41, 5.74) is 8.59. The predicted molar refractivity (Wildman–Crippen MR) is 122 cm³/mol. The molecule has 170 valence electrons. The van der Waals surface area contributed by atoms with Crippen LogP contribution in [-0.4, -0.2) is 60.6 Å². The van der Waals surface area contributed by atoms with E-state index in [0.717, 1.165) is 31.4 Å². The standard InChI is InChI=1S/C23H25FN8O/c1-15-28-21(25)20-23(29-15)32(22(30-20)17-10-18(24)13-26-12-17)14-16-4-5-19(27-11-16)33-9-8-31-6-2-3-7-31/h4-5,10-13H,2-3,6-9,14H2,1H3,(H2,25,28,29). The highest BCUT2D eigenvalue weighted by molar-refractivity contribution is 5.85. The van der Waals surface area contributed by atoms with E-state index >= 15 is 0 Å². The first kappa shape index (κ1) is 21.2. The molecule has 0 unspecified atom stereocenters. The van der Waals surface area contributed by atoms with Gasteiger partial charge in [-0.25, -0.2) is 24.3 Å². The molecule has 0 saturated carbocycles. The Balaban J connectivity index is 1.41. The average molecular weight is 449 g/mol. The highest BCUT2D eigenvalue weighted by Crippen LogP contribution is 2.27. The fourth-order valence-electron chi connectivity index (χ4n) is 4.10. The van der Waals surface area contributed by atoms with Crippen LogP contribution >= 0.6 is 0 Å². The fraction of sp³-hybridized carbons (Fsp3) is 0.348. The molecule has 1 aliphatic heterocycles. The Kier molecular flexibility index (Phi) is 5.82. The summed E-state index contributed by atoms with van der Waals surface area (Å²) in [6.45, 7) is 6.00. The van der Waals surface area contributed by atoms with Crippen LogP contribution in [0.25, 0.3) is 22.6 Å². The lowest BCUT2D eigenvalue weighted by Gasteiger charge is -2.14. The van der Waals surface area contributed by atoms with Gasteiger partial charge in [0.2, 0.25) is 5.88 Å². The van der Waals surface area contributed by atoms with Crippen molar-refractivity contribution in [3.8, 4) is 17.3 Å². The molecule has 5 rings (SSSR count). The number of nitrogen functional groups attached to an aromatic ring is 1. The molecular weight excluding hydrogens is 423 g/mol. The SMILES string of the molecule is Cc1nc(N)c2nc(-c3cncc(F)c3)n(Cc3ccc(OCCN4CCCC4)nc3)c2n1. The topological polar surface area (TPSA) is 108 Å². The van der Waals surface area contributed by atoms with Crippen LogP contribution in [0.1, 0.15) is 24.2 Å². The van der Waals surface area contributed by atoms with Crippen molar-refractivity contribution in [2.45, 2.75) is 26.3 Å². The molecule has 0 radical (unpaired) electrons. The molecule has 1 fully saturated rings. The smallest absolute Gasteiger partial charge is 0.213 e. The summed E-state index contributed by atoms with van der Waals surface area (Å²) < 4.78 is 21.6. The summed E-state index contributed by atoms with van der Waals surface area (Å²) in [6, 6.07) is 5.20. The lowest BCUT2D eigenvalue weighted by atomic mass is 10.2. The number of pyridine rings is 2. The van der Waals surface area contributed by atoms with E-state index in [4.69, 9.17) is 10.5 Å². The van der Waals surface area contributed by atoms with Crippen LogP contribution in [0.15, 0.2) is 36.8 Å². The third kappa shape index (κ3) is 4.61. The Morgan fingerprint density at radius 2 is 1.94 bits per heavy atom. The number of imidazole rings is 1. The molecule has 0 aliphatic carbocycles. The Morgan fingerprint density at radius 3 is 2.70 bits per heavy atom. The summed E-state index contributed by atoms with van der Waals surface area (Å²) in [4.78, 5) is 24.2. The summed E-state index contributed by atoms with van der Waals surface area (Å²) in [7, 11) is 0. The Morgan fingerprint density at radius 1 is 1.09 bits per heavy atom. The van der Waals surface area contributed by atoms with Gasteiger partial charge in [-0.15, -0.1) is 0 Å². The number of nitrogens with zero attached hydrogens (tertiary/aromatic N) is 7. The molecule has 33 heavy (non-hydrogen) atoms. The maximum atomic E-state index is 13.9. The largest absolute Gasteiger partial charge is 0.476 e. The molecule has 0 amide bonds. The van der Waals surface area contributed by atoms with Gasteiger partial charge in [0.25, 0.3) is 0 Å². The number of fused-ring (bicyclic) bond motifs is 1. The van der Waals surface area contributed by atoms with E-state index in [1.54, 1.807) is 19.3 Å². The van der Waals surface area contributed by atoms with E-state index in [9.17, 15) is 4.39 Å². The molecule has 2 N–H and O–H groups in total. The second-order valence-corrected chi connectivity index (χ2v) is 8.14. The third-order valence-corrected chi connectivity index (χ3v) is 5.69. The van der Waals surface area contributed by atoms with Crippen LogP contribution in [-0.2, 0) is 6.54 Å². The number of rotatable bonds is 7. The highest BCUT2D eigenvalue weighted by atomic mass is 19.1. The van der Waals surface area contributed by atoms with Crippen LogP contribution in [0.2, 0.25) is 0 Å². The highest BCUT2D eigenvalue weighted by Gasteiger charge is 2.18. The van der Waals surface area contributed by atoms with E-state index in [1.165, 1.54) is 18.9 Å². The van der Waals surface area contributed by atoms with E-state index in [0.29, 0.717) is 47.4 Å². The van der Waals surface area contributed by atoms with Gasteiger partial charge in [0.05, 0.1) is 12.7 Å². The van der Waals surface area contributed by atoms with E-state index in [2.05, 4.69) is 29.8 Å². The second-order valence-electron chi connectivity index (χ2n) is 8.14. The first-order valence-corrected chi connectivity index (χ1v) is 11.0. The molecule has 1 aliphatic rings. The number of ether oxygens (including phenoxy) is 1. The number of hydrogen-bond acceptors (Lipinski definition) is 8. The summed E-state index contributed by atoms with van der Waals surface area (Å²) in [5, 5.41) is 0. The van der Waals surface area contributed by atoms with Gasteiger partial charge in [-0.3, -0.25) is 9.88 Å². The Labute approximate surface area is 190 Å². The van der Waals surface area contributed by atoms with Crippen LogP contribution < -0.4 is 10.5 Å². The molecule has 0 aromatic carbocycles. The zero-order valence-corrected chi connectivity index (χ0v) is 18.4. The van der Waals surface area contributed by atoms with Gasteiger partial charge in [-0.1, -0.05) is 6.07 Å². The molecule has 9 nitrogen and oxygen atoms in total. The van der Waals surface area contributed by atoms with Crippen molar-refractivity contribution in [3.63, 3.8) is 0 Å². The summed E-state index contributed by atoms with van der Waals surface area (Å²) >= 11 is 0. The maximum absolute atomic E-state index is 13.9. The van der Waals surface area contributed by atoms with Crippen molar-refractivity contribution >= 4 is 17.0 Å². The number of hydrogen-bond donors (Lipinski definition) is 1. The normalized spacial score (nSPS) is 14.2. The van der Waals surface area contributed by atoms with Crippen molar-refractivity contribution in [2.75, 3.05) is 32.0 Å². The van der Waals surface area contributed by atoms with Gasteiger partial charge in [0, 0.05) is 30.6 Å². The number of aromatic nitrogens is 6. The second kappa shape index (κ2) is 9.07. The molecule has 4 aromatic heterocycles. The number of nitrogens with two attached hydrogens (primary N) is 1. The van der Waals surface area contributed by atoms with Crippen LogP contribution in [0.4, 0.5) is 10.2 Å². The molecule has 10 heteroatoms. The van der Waals surface area contributed by atoms with E-state index in [1.807, 2.05) is 16.7 Å². The van der Waals surface area contributed by atoms with Gasteiger partial charge in [0.1, 0.15) is 24.1 Å². The van der Waals surface area contributed by atoms with Gasteiger partial charge >= 0.3 is 0 Å². The monoisotopic (exact) mass is 448 g/mol. The van der Waals surface area contributed by atoms with Crippen LogP contribution in [0.5, 0.6) is 5.88 Å². The summed E-state index contributed by atoms with van der Waals surface area (Å²) in [5.74, 6) is 1.46. The molecule has 4 aromatic rings. The third-order valence-electron chi connectivity index (χ3n) is 5.69. The zero-order valence-electron chi connectivity index (χ0n) is 18.4. The fourth-order valence-corrected chi connectivity index (χ4v) is 4.10. The minimum absolute atomic E-state index is 0.279. The maximum Gasteiger partial charge on any atom is 0.213 e. The summed E-state index contributed by atoms with van der Waals surface area (Å²) in [6.07, 6.45) is 7.01. The van der Waals surface area contributed by atoms with Crippen LogP contribution in [0.3, 0.4) is 0 Å². The van der Waals surface area contributed by atoms with Crippen LogP contribution in [0, 0.1) is 12.7 Å². The van der Waals surface area contributed by atoms with Gasteiger partial charge < -0.3 is 15.0 Å². The molecular formula is C23H25FN8O. The number of anilines is 1. The van der Waals surface area contributed by atoms with E-state index in [-0.39, 0.29) is 5.82 Å². The molecule has 0 spiro atoms. The Bertz CT molecular complexity index is 1270. The zero-order chi connectivity index (χ0) is 22.8. The number of likely N-dealkylation sites (tertiary alicyclic amines) is 1. The van der Waals surface area contributed by atoms with Gasteiger partial charge in [-0.2, -0.15) is 0 Å². The predicted octanol–water partition coefficient (Wildman–Crippen LogP) is 2.84. The molecule has 5 heterocycles. The molecule has 0 atom stereocenters. The first-order chi connectivity index (χ1) is 16.1. The van der Waals surface area contributed by atoms with Gasteiger partial charge in [0.15, 0.2) is 17.0 Å². The number of halogens is 1. The minimum Gasteiger partial charge on any atom is -0.476 e. The van der Waals surface area contributed by atoms with Crippen molar-refractivity contribution < 1.29 is 9.13 Å². The first-order valence-electron chi connectivity index (χ1n) is 11.0. The average Bonchev–Trinajstić information content (AvgIpc) is 3.44. The quantitative estimate of drug-likeness (QED) is 0.460. The van der Waals surface area contributed by atoms with Crippen molar-refractivity contribution in [3.05, 3.63) is 54.0 Å². The molecule has 0 bridgehead atoms. The lowest BCUT2D eigenvalue weighted by molar-refractivity contribution is 0.232. The van der Waals surface area contributed by atoms with Crippen molar-refractivity contribution in [2.24, 2.45) is 0 Å². The van der Waals surface area contributed by atoms with E-state index < -0.39 is 5.82 Å². The Hall–Kier alpha value is -3.66. The minimum atomic E-state index is -0.446. The lowest BCUT2D eigenvalue weighted by Crippen LogP contribution is -2.25. The van der Waals surface area contributed by atoms with Crippen molar-refractivity contribution in [1.29, 1.82) is 0 Å². The number of aryl methyl sites for hydroxylation is 1. The van der Waals surface area contributed by atoms with Crippen molar-refractivity contribution in [1.82, 2.24) is 34.4 Å².